The number of hydrogen-bond donors (Lipinski definition) is 0. The van der Waals surface area contributed by atoms with Crippen molar-refractivity contribution in [1.82, 2.24) is 0 Å². The second kappa shape index (κ2) is 7.30. The standard InChI is InChI=1S/C4H8O.C2H3.Li/c1-2-4-5-3-1;1-2;/h1-4H2;1H,2H2;. The quantitative estimate of drug-likeness (QED) is 0.420. The molecule has 1 heterocycles. The molecule has 0 radical (unpaired) electrons. The average Bonchev–Trinajstić information content (AvgIpc) is 2.17. The summed E-state index contributed by atoms with van der Waals surface area (Å²) in [6.07, 6.45) is 2.56. The maximum absolute atomic E-state index is 4.94. The second-order valence-electron chi connectivity index (χ2n) is 1.73. The van der Waals surface area contributed by atoms with Crippen LogP contribution in [0.3, 0.4) is 0 Å². The molecule has 1 fully saturated rings. The van der Waals surface area contributed by atoms with Crippen LogP contribution in [0.5, 0.6) is 0 Å². The minimum atomic E-state index is 1.00. The molecule has 0 aliphatic carbocycles. The molecule has 1 aliphatic heterocycles. The maximum atomic E-state index is 4.94. The molecule has 1 aliphatic rings. The van der Waals surface area contributed by atoms with Crippen LogP contribution in [0.25, 0.3) is 0 Å². The summed E-state index contributed by atoms with van der Waals surface area (Å²) in [4.78, 5) is 0. The van der Waals surface area contributed by atoms with Crippen molar-refractivity contribution >= 4 is 17.7 Å². The first kappa shape index (κ1) is 8.30. The van der Waals surface area contributed by atoms with Crippen molar-refractivity contribution in [3.63, 3.8) is 0 Å². The van der Waals surface area contributed by atoms with E-state index in [0.29, 0.717) is 0 Å². The van der Waals surface area contributed by atoms with E-state index in [-0.39, 0.29) is 0 Å². The van der Waals surface area contributed by atoms with Gasteiger partial charge in [-0.05, 0) is 12.8 Å². The summed E-state index contributed by atoms with van der Waals surface area (Å²) in [5.41, 5.74) is 0. The Bertz CT molecular complexity index is 42.9. The van der Waals surface area contributed by atoms with Crippen molar-refractivity contribution in [2.24, 2.45) is 0 Å². The normalized spacial score (nSPS) is 16.8. The van der Waals surface area contributed by atoms with Gasteiger partial charge in [0, 0.05) is 13.2 Å². The van der Waals surface area contributed by atoms with Gasteiger partial charge in [-0.15, -0.1) is 0 Å². The molecule has 0 atom stereocenters. The van der Waals surface area contributed by atoms with Gasteiger partial charge in [0.2, 0.25) is 0 Å². The zero-order valence-electron chi connectivity index (χ0n) is 5.52. The van der Waals surface area contributed by atoms with Gasteiger partial charge in [0.05, 0.1) is 0 Å². The van der Waals surface area contributed by atoms with Gasteiger partial charge in [0.25, 0.3) is 0 Å². The molecule has 0 N–H and O–H groups in total. The van der Waals surface area contributed by atoms with Crippen molar-refractivity contribution in [1.29, 1.82) is 0 Å². The van der Waals surface area contributed by atoms with Crippen molar-refractivity contribution < 1.29 is 4.74 Å². The predicted molar refractivity (Wildman–Crippen MR) is 36.0 cm³/mol. The molecule has 0 saturated carbocycles. The Hall–Kier alpha value is 0.297. The molecule has 0 spiro atoms. The zero-order valence-corrected chi connectivity index (χ0v) is 5.52. The summed E-state index contributed by atoms with van der Waals surface area (Å²) in [6.45, 7) is 5.36. The van der Waals surface area contributed by atoms with Gasteiger partial charge >= 0.3 is 29.0 Å². The van der Waals surface area contributed by atoms with Crippen LogP contribution >= 0.6 is 0 Å². The van der Waals surface area contributed by atoms with Crippen molar-refractivity contribution in [2.45, 2.75) is 12.8 Å². The van der Waals surface area contributed by atoms with E-state index in [9.17, 15) is 0 Å². The molecule has 0 amide bonds. The first-order chi connectivity index (χ1) is 3.91. The SMILES string of the molecule is C1CCOC1.[Li][CH]=C. The van der Waals surface area contributed by atoms with Crippen LogP contribution in [0.4, 0.5) is 0 Å². The average molecular weight is 106 g/mol. The van der Waals surface area contributed by atoms with Gasteiger partial charge in [-0.1, -0.05) is 0 Å². The third-order valence-electron chi connectivity index (χ3n) is 0.827. The van der Waals surface area contributed by atoms with Crippen LogP contribution in [0.1, 0.15) is 12.8 Å². The number of rotatable bonds is 0. The molecule has 1 nitrogen and oxygen atoms in total. The molecule has 0 aromatic carbocycles. The van der Waals surface area contributed by atoms with Crippen LogP contribution < -0.4 is 0 Å². The summed E-state index contributed by atoms with van der Waals surface area (Å²) in [5.74, 6) is 0. The Morgan fingerprint density at radius 3 is 1.88 bits per heavy atom. The van der Waals surface area contributed by atoms with E-state index in [4.69, 9.17) is 4.74 Å². The van der Waals surface area contributed by atoms with Crippen molar-refractivity contribution in [2.75, 3.05) is 13.2 Å². The molecule has 1 rings (SSSR count). The zero-order chi connectivity index (χ0) is 6.24. The van der Waals surface area contributed by atoms with Crippen LogP contribution in [-0.4, -0.2) is 30.9 Å². The van der Waals surface area contributed by atoms with Gasteiger partial charge in [-0.2, -0.15) is 0 Å². The first-order valence-electron chi connectivity index (χ1n) is 3.06. The Kier molecular flexibility index (Phi) is 7.57. The molecule has 8 heavy (non-hydrogen) atoms. The monoisotopic (exact) mass is 106 g/mol. The van der Waals surface area contributed by atoms with E-state index in [0.717, 1.165) is 13.2 Å². The van der Waals surface area contributed by atoms with E-state index in [1.54, 1.807) is 4.75 Å². The van der Waals surface area contributed by atoms with Crippen LogP contribution in [-0.2, 0) is 4.74 Å². The van der Waals surface area contributed by atoms with Crippen molar-refractivity contribution in [3.05, 3.63) is 11.3 Å². The Balaban J connectivity index is 0.000000145. The number of hydrogen-bond acceptors (Lipinski definition) is 1. The van der Waals surface area contributed by atoms with Gasteiger partial charge in [-0.25, -0.2) is 0 Å². The van der Waals surface area contributed by atoms with E-state index in [1.165, 1.54) is 12.8 Å². The van der Waals surface area contributed by atoms with E-state index in [1.807, 2.05) is 17.7 Å². The van der Waals surface area contributed by atoms with Gasteiger partial charge in [0.1, 0.15) is 0 Å². The summed E-state index contributed by atoms with van der Waals surface area (Å²) < 4.78 is 6.69. The van der Waals surface area contributed by atoms with Crippen molar-refractivity contribution in [3.8, 4) is 0 Å². The van der Waals surface area contributed by atoms with Crippen LogP contribution in [0.15, 0.2) is 11.3 Å². The Labute approximate surface area is 60.3 Å². The summed E-state index contributed by atoms with van der Waals surface area (Å²) >= 11 is 1.89. The molecule has 0 unspecified atom stereocenters. The third-order valence-corrected chi connectivity index (χ3v) is 0.827. The van der Waals surface area contributed by atoms with E-state index >= 15 is 0 Å². The number of ether oxygens (including phenoxy) is 1. The Morgan fingerprint density at radius 1 is 1.38 bits per heavy atom. The predicted octanol–water partition coefficient (Wildman–Crippen LogP) is 1.10. The molecular weight excluding hydrogens is 95.0 g/mol. The summed E-state index contributed by atoms with van der Waals surface area (Å²) in [7, 11) is 0. The topological polar surface area (TPSA) is 9.23 Å². The molecule has 42 valence electrons. The van der Waals surface area contributed by atoms with Crippen LogP contribution in [0.2, 0.25) is 0 Å². The summed E-state index contributed by atoms with van der Waals surface area (Å²) in [5, 5.41) is 0. The molecule has 2 heteroatoms. The fraction of sp³-hybridized carbons (Fsp3) is 0.667. The van der Waals surface area contributed by atoms with E-state index in [2.05, 4.69) is 6.58 Å². The fourth-order valence-corrected chi connectivity index (χ4v) is 0.510. The molecular formula is C6H11LiO. The van der Waals surface area contributed by atoms with Gasteiger partial charge in [-0.3, -0.25) is 0 Å². The third kappa shape index (κ3) is 6.30. The van der Waals surface area contributed by atoms with Crippen LogP contribution in [0, 0.1) is 0 Å². The van der Waals surface area contributed by atoms with Gasteiger partial charge in [0.15, 0.2) is 0 Å². The molecule has 1 saturated heterocycles. The van der Waals surface area contributed by atoms with E-state index < -0.39 is 0 Å². The molecule has 0 aromatic heterocycles. The Morgan fingerprint density at radius 2 is 1.75 bits per heavy atom. The second-order valence-corrected chi connectivity index (χ2v) is 1.73. The minimum absolute atomic E-state index is 1.00. The first-order valence-corrected chi connectivity index (χ1v) is 3.06. The van der Waals surface area contributed by atoms with Gasteiger partial charge < -0.3 is 4.74 Å². The fourth-order valence-electron chi connectivity index (χ4n) is 0.510. The molecule has 0 aromatic rings. The summed E-state index contributed by atoms with van der Waals surface area (Å²) in [6, 6.07) is 0. The molecule has 0 bridgehead atoms.